The first-order valence-electron chi connectivity index (χ1n) is 11.4. The van der Waals surface area contributed by atoms with Crippen molar-refractivity contribution in [2.24, 2.45) is 11.8 Å². The molecule has 1 aliphatic rings. The Labute approximate surface area is 202 Å². The fourth-order valence-electron chi connectivity index (χ4n) is 4.22. The SMILES string of the molecule is CC(C)C(CNC(=O)c1nc(NC(=O)OCC2c3ccccc3-c3ccccc32)n[nH]1)CC(=O)O. The van der Waals surface area contributed by atoms with E-state index in [0.29, 0.717) is 0 Å². The zero-order valence-electron chi connectivity index (χ0n) is 19.4. The fourth-order valence-corrected chi connectivity index (χ4v) is 4.22. The Hall–Kier alpha value is -4.21. The van der Waals surface area contributed by atoms with Crippen molar-refractivity contribution >= 4 is 23.9 Å². The van der Waals surface area contributed by atoms with Crippen LogP contribution in [0.5, 0.6) is 0 Å². The molecular formula is C25H27N5O5. The third-order valence-corrected chi connectivity index (χ3v) is 6.16. The molecule has 1 aliphatic carbocycles. The Bertz CT molecular complexity index is 1190. The van der Waals surface area contributed by atoms with Crippen molar-refractivity contribution in [1.29, 1.82) is 0 Å². The number of carbonyl (C=O) groups excluding carboxylic acids is 2. The van der Waals surface area contributed by atoms with E-state index in [0.717, 1.165) is 22.3 Å². The van der Waals surface area contributed by atoms with Crippen LogP contribution in [0.1, 0.15) is 47.9 Å². The maximum Gasteiger partial charge on any atom is 0.414 e. The van der Waals surface area contributed by atoms with E-state index >= 15 is 0 Å². The number of hydrogen-bond acceptors (Lipinski definition) is 6. The molecule has 1 aromatic heterocycles. The zero-order valence-corrected chi connectivity index (χ0v) is 19.4. The molecule has 0 radical (unpaired) electrons. The van der Waals surface area contributed by atoms with E-state index in [1.54, 1.807) is 0 Å². The van der Waals surface area contributed by atoms with Crippen molar-refractivity contribution in [3.63, 3.8) is 0 Å². The summed E-state index contributed by atoms with van der Waals surface area (Å²) in [5.74, 6) is -1.90. The number of rotatable bonds is 9. The van der Waals surface area contributed by atoms with Gasteiger partial charge < -0.3 is 15.2 Å². The number of H-pyrrole nitrogens is 1. The van der Waals surface area contributed by atoms with Gasteiger partial charge in [0.15, 0.2) is 0 Å². The summed E-state index contributed by atoms with van der Waals surface area (Å²) >= 11 is 0. The first-order chi connectivity index (χ1) is 16.8. The summed E-state index contributed by atoms with van der Waals surface area (Å²) in [6.07, 6.45) is -0.790. The average molecular weight is 478 g/mol. The molecule has 2 aromatic carbocycles. The highest BCUT2D eigenvalue weighted by Gasteiger charge is 2.29. The molecule has 10 nitrogen and oxygen atoms in total. The highest BCUT2D eigenvalue weighted by atomic mass is 16.5. The number of carboxylic acids is 1. The third kappa shape index (κ3) is 5.48. The van der Waals surface area contributed by atoms with Crippen LogP contribution in [0.3, 0.4) is 0 Å². The molecule has 182 valence electrons. The number of anilines is 1. The second kappa shape index (κ2) is 10.4. The van der Waals surface area contributed by atoms with Crippen molar-refractivity contribution in [3.8, 4) is 11.1 Å². The number of aromatic amines is 1. The third-order valence-electron chi connectivity index (χ3n) is 6.16. The number of nitrogens with zero attached hydrogens (tertiary/aromatic N) is 2. The van der Waals surface area contributed by atoms with Crippen LogP contribution in [0.15, 0.2) is 48.5 Å². The molecular weight excluding hydrogens is 450 g/mol. The highest BCUT2D eigenvalue weighted by molar-refractivity contribution is 5.91. The molecule has 10 heteroatoms. The monoisotopic (exact) mass is 477 g/mol. The first kappa shape index (κ1) is 23.9. The summed E-state index contributed by atoms with van der Waals surface area (Å²) in [6.45, 7) is 4.10. The molecule has 1 heterocycles. The van der Waals surface area contributed by atoms with Crippen LogP contribution in [-0.2, 0) is 9.53 Å². The Morgan fingerprint density at radius 2 is 1.69 bits per heavy atom. The second-order valence-electron chi connectivity index (χ2n) is 8.77. The zero-order chi connectivity index (χ0) is 24.9. The van der Waals surface area contributed by atoms with Crippen molar-refractivity contribution in [2.75, 3.05) is 18.5 Å². The van der Waals surface area contributed by atoms with Gasteiger partial charge in [0.1, 0.15) is 6.61 Å². The molecule has 0 bridgehead atoms. The van der Waals surface area contributed by atoms with E-state index in [2.05, 4.69) is 37.9 Å². The smallest absolute Gasteiger partial charge is 0.414 e. The van der Waals surface area contributed by atoms with Gasteiger partial charge in [-0.15, -0.1) is 5.10 Å². The van der Waals surface area contributed by atoms with E-state index in [9.17, 15) is 14.4 Å². The molecule has 1 unspecified atom stereocenters. The van der Waals surface area contributed by atoms with Crippen LogP contribution in [0.4, 0.5) is 10.7 Å². The molecule has 0 saturated carbocycles. The molecule has 35 heavy (non-hydrogen) atoms. The number of carbonyl (C=O) groups is 3. The maximum absolute atomic E-state index is 12.4. The minimum Gasteiger partial charge on any atom is -0.481 e. The van der Waals surface area contributed by atoms with Crippen molar-refractivity contribution < 1.29 is 24.2 Å². The second-order valence-corrected chi connectivity index (χ2v) is 8.77. The molecule has 3 aromatic rings. The molecule has 0 spiro atoms. The van der Waals surface area contributed by atoms with Gasteiger partial charge in [0, 0.05) is 12.5 Å². The number of aliphatic carboxylic acids is 1. The molecule has 0 saturated heterocycles. The van der Waals surface area contributed by atoms with Crippen molar-refractivity contribution in [1.82, 2.24) is 20.5 Å². The summed E-state index contributed by atoms with van der Waals surface area (Å²) < 4.78 is 5.46. The lowest BCUT2D eigenvalue weighted by atomic mass is 9.92. The van der Waals surface area contributed by atoms with Crippen LogP contribution in [0, 0.1) is 11.8 Å². The number of aromatic nitrogens is 3. The van der Waals surface area contributed by atoms with Gasteiger partial charge in [0.25, 0.3) is 11.9 Å². The predicted molar refractivity (Wildman–Crippen MR) is 128 cm³/mol. The van der Waals surface area contributed by atoms with E-state index in [-0.39, 0.29) is 49.1 Å². The number of benzene rings is 2. The number of ether oxygens (including phenoxy) is 1. The lowest BCUT2D eigenvalue weighted by molar-refractivity contribution is -0.138. The van der Waals surface area contributed by atoms with Gasteiger partial charge in [-0.05, 0) is 34.1 Å². The molecule has 1 atom stereocenters. The van der Waals surface area contributed by atoms with E-state index in [1.807, 2.05) is 50.2 Å². The van der Waals surface area contributed by atoms with Gasteiger partial charge in [-0.25, -0.2) is 4.79 Å². The summed E-state index contributed by atoms with van der Waals surface area (Å²) in [5, 5.41) is 20.4. The number of hydrogen-bond donors (Lipinski definition) is 4. The van der Waals surface area contributed by atoms with Crippen LogP contribution >= 0.6 is 0 Å². The van der Waals surface area contributed by atoms with E-state index in [1.165, 1.54) is 0 Å². The molecule has 4 N–H and O–H groups in total. The van der Waals surface area contributed by atoms with Crippen LogP contribution in [0.25, 0.3) is 11.1 Å². The number of amides is 2. The van der Waals surface area contributed by atoms with E-state index in [4.69, 9.17) is 9.84 Å². The van der Waals surface area contributed by atoms with Gasteiger partial charge in [0.05, 0.1) is 6.42 Å². The summed E-state index contributed by atoms with van der Waals surface area (Å²) in [5.41, 5.74) is 4.46. The minimum atomic E-state index is -0.924. The topological polar surface area (TPSA) is 146 Å². The van der Waals surface area contributed by atoms with Gasteiger partial charge in [-0.2, -0.15) is 4.98 Å². The highest BCUT2D eigenvalue weighted by Crippen LogP contribution is 2.44. The van der Waals surface area contributed by atoms with Gasteiger partial charge in [-0.3, -0.25) is 20.0 Å². The molecule has 4 rings (SSSR count). The number of carboxylic acid groups (broad SMARTS) is 1. The largest absolute Gasteiger partial charge is 0.481 e. The Morgan fingerprint density at radius 3 is 2.29 bits per heavy atom. The molecule has 0 aliphatic heterocycles. The van der Waals surface area contributed by atoms with Crippen LogP contribution in [0.2, 0.25) is 0 Å². The van der Waals surface area contributed by atoms with Gasteiger partial charge >= 0.3 is 12.1 Å². The summed E-state index contributed by atoms with van der Waals surface area (Å²) in [4.78, 5) is 39.7. The molecule has 2 amide bonds. The number of fused-ring (bicyclic) bond motifs is 3. The quantitative estimate of drug-likeness (QED) is 0.368. The summed E-state index contributed by atoms with van der Waals surface area (Å²) in [6, 6.07) is 16.1. The Morgan fingerprint density at radius 1 is 1.06 bits per heavy atom. The molecule has 0 fully saturated rings. The Balaban J connectivity index is 1.32. The van der Waals surface area contributed by atoms with Gasteiger partial charge in [-0.1, -0.05) is 62.4 Å². The lowest BCUT2D eigenvalue weighted by Gasteiger charge is -2.18. The lowest BCUT2D eigenvalue weighted by Crippen LogP contribution is -2.33. The van der Waals surface area contributed by atoms with Crippen molar-refractivity contribution in [3.05, 3.63) is 65.5 Å². The first-order valence-corrected chi connectivity index (χ1v) is 11.4. The normalized spacial score (nSPS) is 13.1. The standard InChI is InChI=1S/C25H27N5O5/c1-14(2)15(11-21(31)32)12-26-23(33)22-27-24(30-29-22)28-25(34)35-13-20-18-9-5-3-7-16(18)17-8-4-6-10-19(17)20/h3-10,14-15,20H,11-13H2,1-2H3,(H,26,33)(H,31,32)(H2,27,28,29,30,34). The van der Waals surface area contributed by atoms with Crippen molar-refractivity contribution in [2.45, 2.75) is 26.2 Å². The average Bonchev–Trinajstić information content (AvgIpc) is 3.42. The van der Waals surface area contributed by atoms with Crippen LogP contribution in [-0.4, -0.2) is 51.4 Å². The predicted octanol–water partition coefficient (Wildman–Crippen LogP) is 3.64. The maximum atomic E-state index is 12.4. The minimum absolute atomic E-state index is 0.0526. The summed E-state index contributed by atoms with van der Waals surface area (Å²) in [7, 11) is 0. The van der Waals surface area contributed by atoms with Gasteiger partial charge in [0.2, 0.25) is 5.82 Å². The van der Waals surface area contributed by atoms with Crippen LogP contribution < -0.4 is 10.6 Å². The number of nitrogens with one attached hydrogen (secondary N) is 3. The Kier molecular flexibility index (Phi) is 7.09. The van der Waals surface area contributed by atoms with E-state index < -0.39 is 18.0 Å². The fraction of sp³-hybridized carbons (Fsp3) is 0.320.